The van der Waals surface area contributed by atoms with E-state index in [1.807, 2.05) is 19.1 Å². The molecular formula is C25H19N3O4S. The summed E-state index contributed by atoms with van der Waals surface area (Å²) in [4.78, 5) is 17.2. The van der Waals surface area contributed by atoms with Crippen LogP contribution in [0.25, 0.3) is 11.7 Å². The van der Waals surface area contributed by atoms with Gasteiger partial charge in [0.05, 0.1) is 4.90 Å². The average Bonchev–Trinajstić information content (AvgIpc) is 2.81. The number of pyridine rings is 1. The van der Waals surface area contributed by atoms with Crippen LogP contribution in [0.4, 0.5) is 0 Å². The molecule has 4 rings (SSSR count). The second-order valence-corrected chi connectivity index (χ2v) is 9.29. The van der Waals surface area contributed by atoms with Gasteiger partial charge in [0.15, 0.2) is 0 Å². The standard InChI is InChI=1S/C25H19N3O4S/c1-17-10-12-19(13-11-17)32-24-22(25(29)28-14-6-7-18(2)23(28)27-24)15-21(16-26)33(30,31)20-8-4-3-5-9-20/h3-15H,1-2H3. The van der Waals surface area contributed by atoms with Gasteiger partial charge in [-0.25, -0.2) is 8.42 Å². The van der Waals surface area contributed by atoms with Crippen LogP contribution in [0.2, 0.25) is 0 Å². The van der Waals surface area contributed by atoms with Crippen molar-refractivity contribution in [3.05, 3.63) is 105 Å². The number of fused-ring (bicyclic) bond motifs is 1. The van der Waals surface area contributed by atoms with Gasteiger partial charge in [-0.3, -0.25) is 9.20 Å². The van der Waals surface area contributed by atoms with Gasteiger partial charge in [0.2, 0.25) is 15.7 Å². The summed E-state index contributed by atoms with van der Waals surface area (Å²) in [5.41, 5.74) is 1.42. The van der Waals surface area contributed by atoms with Gasteiger partial charge in [-0.2, -0.15) is 10.2 Å². The van der Waals surface area contributed by atoms with Gasteiger partial charge in [0, 0.05) is 6.20 Å². The molecule has 2 aromatic heterocycles. The summed E-state index contributed by atoms with van der Waals surface area (Å²) < 4.78 is 33.3. The Morgan fingerprint density at radius 3 is 2.39 bits per heavy atom. The van der Waals surface area contributed by atoms with E-state index in [4.69, 9.17) is 4.74 Å². The van der Waals surface area contributed by atoms with E-state index in [0.717, 1.165) is 17.2 Å². The van der Waals surface area contributed by atoms with E-state index in [1.54, 1.807) is 55.5 Å². The van der Waals surface area contributed by atoms with Crippen LogP contribution in [-0.2, 0) is 9.84 Å². The minimum absolute atomic E-state index is 0.0523. The van der Waals surface area contributed by atoms with Crippen molar-refractivity contribution in [2.45, 2.75) is 18.7 Å². The molecule has 7 nitrogen and oxygen atoms in total. The van der Waals surface area contributed by atoms with Crippen LogP contribution in [0.3, 0.4) is 0 Å². The Morgan fingerprint density at radius 2 is 1.73 bits per heavy atom. The number of rotatable bonds is 5. The normalized spacial score (nSPS) is 11.8. The van der Waals surface area contributed by atoms with Gasteiger partial charge in [0.1, 0.15) is 27.9 Å². The molecular weight excluding hydrogens is 438 g/mol. The van der Waals surface area contributed by atoms with Crippen LogP contribution in [0.5, 0.6) is 11.6 Å². The Bertz CT molecular complexity index is 1580. The minimum Gasteiger partial charge on any atom is -0.438 e. The molecule has 0 saturated heterocycles. The molecule has 0 aliphatic heterocycles. The molecule has 0 spiro atoms. The zero-order chi connectivity index (χ0) is 23.6. The van der Waals surface area contributed by atoms with Crippen molar-refractivity contribution in [1.82, 2.24) is 9.38 Å². The lowest BCUT2D eigenvalue weighted by molar-refractivity contribution is 0.460. The molecule has 0 radical (unpaired) electrons. The number of aryl methyl sites for hydroxylation is 2. The highest BCUT2D eigenvalue weighted by Gasteiger charge is 2.23. The monoisotopic (exact) mass is 457 g/mol. The molecule has 0 atom stereocenters. The minimum atomic E-state index is -4.15. The zero-order valence-corrected chi connectivity index (χ0v) is 18.7. The smallest absolute Gasteiger partial charge is 0.269 e. The number of aromatic nitrogens is 2. The fraction of sp³-hybridized carbons (Fsp3) is 0.0800. The third-order valence-corrected chi connectivity index (χ3v) is 6.69. The Balaban J connectivity index is 1.97. The molecule has 0 N–H and O–H groups in total. The van der Waals surface area contributed by atoms with Crippen molar-refractivity contribution in [1.29, 1.82) is 5.26 Å². The molecule has 4 aromatic rings. The summed E-state index contributed by atoms with van der Waals surface area (Å²) in [5.74, 6) is 0.332. The van der Waals surface area contributed by atoms with E-state index in [1.165, 1.54) is 22.7 Å². The molecule has 0 aliphatic rings. The predicted molar refractivity (Wildman–Crippen MR) is 125 cm³/mol. The predicted octanol–water partition coefficient (Wildman–Crippen LogP) is 4.44. The van der Waals surface area contributed by atoms with Crippen LogP contribution in [0.15, 0.2) is 87.5 Å². The summed E-state index contributed by atoms with van der Waals surface area (Å²) in [7, 11) is -4.15. The van der Waals surface area contributed by atoms with Crippen LogP contribution in [0.1, 0.15) is 16.7 Å². The fourth-order valence-electron chi connectivity index (χ4n) is 3.24. The fourth-order valence-corrected chi connectivity index (χ4v) is 4.40. The van der Waals surface area contributed by atoms with Gasteiger partial charge in [-0.1, -0.05) is 42.0 Å². The van der Waals surface area contributed by atoms with E-state index in [2.05, 4.69) is 4.98 Å². The average molecular weight is 458 g/mol. The van der Waals surface area contributed by atoms with Crippen molar-refractivity contribution in [2.24, 2.45) is 0 Å². The molecule has 2 heterocycles. The van der Waals surface area contributed by atoms with E-state index >= 15 is 0 Å². The molecule has 8 heteroatoms. The molecule has 2 aromatic carbocycles. The van der Waals surface area contributed by atoms with Crippen molar-refractivity contribution in [2.75, 3.05) is 0 Å². The summed E-state index contributed by atoms with van der Waals surface area (Å²) in [6, 6.07) is 19.9. The van der Waals surface area contributed by atoms with Gasteiger partial charge in [-0.15, -0.1) is 0 Å². The Hall–Kier alpha value is -4.22. The van der Waals surface area contributed by atoms with E-state index in [-0.39, 0.29) is 16.3 Å². The second kappa shape index (κ2) is 8.73. The Morgan fingerprint density at radius 1 is 1.03 bits per heavy atom. The van der Waals surface area contributed by atoms with Crippen LogP contribution in [-0.4, -0.2) is 17.8 Å². The van der Waals surface area contributed by atoms with Gasteiger partial charge < -0.3 is 4.74 Å². The lowest BCUT2D eigenvalue weighted by atomic mass is 10.2. The van der Waals surface area contributed by atoms with Crippen molar-refractivity contribution >= 4 is 21.6 Å². The Kier molecular flexibility index (Phi) is 5.82. The highest BCUT2D eigenvalue weighted by Crippen LogP contribution is 2.27. The summed E-state index contributed by atoms with van der Waals surface area (Å²) in [6.45, 7) is 3.73. The number of nitriles is 1. The quantitative estimate of drug-likeness (QED) is 0.411. The lowest BCUT2D eigenvalue weighted by Gasteiger charge is -2.12. The maximum Gasteiger partial charge on any atom is 0.269 e. The first-order chi connectivity index (χ1) is 15.8. The van der Waals surface area contributed by atoms with Crippen LogP contribution < -0.4 is 10.3 Å². The topological polar surface area (TPSA) is 102 Å². The molecule has 0 bridgehead atoms. The number of hydrogen-bond acceptors (Lipinski definition) is 6. The highest BCUT2D eigenvalue weighted by molar-refractivity contribution is 7.95. The molecule has 0 amide bonds. The molecule has 164 valence electrons. The molecule has 33 heavy (non-hydrogen) atoms. The van der Waals surface area contributed by atoms with Gasteiger partial charge >= 0.3 is 0 Å². The van der Waals surface area contributed by atoms with Crippen LogP contribution >= 0.6 is 0 Å². The number of allylic oxidation sites excluding steroid dienone is 1. The van der Waals surface area contributed by atoms with E-state index in [0.29, 0.717) is 11.4 Å². The third-order valence-electron chi connectivity index (χ3n) is 5.01. The molecule has 0 aliphatic carbocycles. The third kappa shape index (κ3) is 4.27. The molecule has 0 fully saturated rings. The summed E-state index contributed by atoms with van der Waals surface area (Å²) in [6.07, 6.45) is 2.55. The van der Waals surface area contributed by atoms with Gasteiger partial charge in [0.25, 0.3) is 5.56 Å². The van der Waals surface area contributed by atoms with Crippen molar-refractivity contribution in [3.63, 3.8) is 0 Å². The van der Waals surface area contributed by atoms with Crippen molar-refractivity contribution in [3.8, 4) is 17.7 Å². The maximum atomic E-state index is 13.4. The Labute approximate surface area is 190 Å². The SMILES string of the molecule is Cc1ccc(Oc2nc3c(C)cccn3c(=O)c2C=C(C#N)S(=O)(=O)c2ccccc2)cc1. The summed E-state index contributed by atoms with van der Waals surface area (Å²) in [5, 5.41) is 9.68. The highest BCUT2D eigenvalue weighted by atomic mass is 32.2. The number of ether oxygens (including phenoxy) is 1. The van der Waals surface area contributed by atoms with Crippen LogP contribution in [0, 0.1) is 25.2 Å². The number of nitrogens with zero attached hydrogens (tertiary/aromatic N) is 3. The number of hydrogen-bond donors (Lipinski definition) is 0. The largest absolute Gasteiger partial charge is 0.438 e. The van der Waals surface area contributed by atoms with Crippen molar-refractivity contribution < 1.29 is 13.2 Å². The first-order valence-electron chi connectivity index (χ1n) is 9.99. The van der Waals surface area contributed by atoms with E-state index in [9.17, 15) is 18.5 Å². The maximum absolute atomic E-state index is 13.4. The first-order valence-corrected chi connectivity index (χ1v) is 11.5. The van der Waals surface area contributed by atoms with Gasteiger partial charge in [-0.05, 0) is 55.8 Å². The second-order valence-electron chi connectivity index (χ2n) is 7.37. The molecule has 0 unspecified atom stereocenters. The molecule has 0 saturated carbocycles. The first kappa shape index (κ1) is 22.0. The number of sulfone groups is 1. The van der Waals surface area contributed by atoms with E-state index < -0.39 is 20.3 Å². The summed E-state index contributed by atoms with van der Waals surface area (Å²) >= 11 is 0. The lowest BCUT2D eigenvalue weighted by Crippen LogP contribution is -2.20. The zero-order valence-electron chi connectivity index (χ0n) is 17.9. The number of benzene rings is 2.